The van der Waals surface area contributed by atoms with Crippen molar-refractivity contribution in [3.8, 4) is 17.1 Å². The van der Waals surface area contributed by atoms with Crippen LogP contribution in [0, 0.1) is 0 Å². The summed E-state index contributed by atoms with van der Waals surface area (Å²) in [5.74, 6) is 0.905. The van der Waals surface area contributed by atoms with Gasteiger partial charge in [0.05, 0.1) is 7.11 Å². The van der Waals surface area contributed by atoms with Crippen molar-refractivity contribution >= 4 is 23.2 Å². The molecule has 2 N–H and O–H groups in total. The third-order valence-corrected chi connectivity index (χ3v) is 3.62. The monoisotopic (exact) mass is 366 g/mol. The third kappa shape index (κ3) is 4.91. The Morgan fingerprint density at radius 2 is 1.63 bits per heavy atom. The predicted molar refractivity (Wildman–Crippen MR) is 99.4 cm³/mol. The minimum Gasteiger partial charge on any atom is -0.497 e. The Morgan fingerprint density at radius 3 is 2.22 bits per heavy atom. The van der Waals surface area contributed by atoms with Crippen molar-refractivity contribution in [1.29, 1.82) is 0 Å². The summed E-state index contributed by atoms with van der Waals surface area (Å²) in [6.45, 7) is 1.43. The first kappa shape index (κ1) is 18.1. The van der Waals surface area contributed by atoms with E-state index in [2.05, 4.69) is 20.8 Å². The maximum Gasteiger partial charge on any atom is 0.236 e. The van der Waals surface area contributed by atoms with Crippen LogP contribution in [0.5, 0.6) is 5.75 Å². The van der Waals surface area contributed by atoms with Crippen molar-refractivity contribution in [2.24, 2.45) is 0 Å². The van der Waals surface area contributed by atoms with Crippen LogP contribution in [0.3, 0.4) is 0 Å². The van der Waals surface area contributed by atoms with E-state index in [0.717, 1.165) is 11.3 Å². The number of carbonyl (C=O) groups excluding carboxylic acids is 2. The molecule has 3 rings (SSSR count). The molecule has 0 atom stereocenters. The number of rotatable bonds is 6. The summed E-state index contributed by atoms with van der Waals surface area (Å²) in [5, 5.41) is 9.29. The summed E-state index contributed by atoms with van der Waals surface area (Å²) >= 11 is 0. The first-order valence-corrected chi connectivity index (χ1v) is 8.18. The predicted octanol–water partition coefficient (Wildman–Crippen LogP) is 2.88. The second-order valence-corrected chi connectivity index (χ2v) is 5.72. The standard InChI is InChI=1S/C19H18N4O4/c1-12(24)20-14-5-7-15(8-6-14)21-17(25)11-18-22-19(23-27-18)13-3-9-16(26-2)10-4-13/h3-10H,11H2,1-2H3,(H,20,24)(H,21,25). The fourth-order valence-corrected chi connectivity index (χ4v) is 2.37. The molecule has 0 fully saturated rings. The van der Waals surface area contributed by atoms with Crippen molar-refractivity contribution in [3.05, 3.63) is 54.4 Å². The number of benzene rings is 2. The number of anilines is 2. The van der Waals surface area contributed by atoms with Crippen LogP contribution in [-0.4, -0.2) is 29.1 Å². The molecule has 0 radical (unpaired) electrons. The molecule has 27 heavy (non-hydrogen) atoms. The molecule has 0 saturated heterocycles. The molecule has 2 aromatic carbocycles. The summed E-state index contributed by atoms with van der Waals surface area (Å²) in [4.78, 5) is 27.4. The smallest absolute Gasteiger partial charge is 0.236 e. The van der Waals surface area contributed by atoms with Gasteiger partial charge in [-0.3, -0.25) is 9.59 Å². The molecule has 0 bridgehead atoms. The van der Waals surface area contributed by atoms with E-state index in [1.54, 1.807) is 43.5 Å². The van der Waals surface area contributed by atoms with Crippen LogP contribution < -0.4 is 15.4 Å². The number of aromatic nitrogens is 2. The van der Waals surface area contributed by atoms with Crippen molar-refractivity contribution in [3.63, 3.8) is 0 Å². The van der Waals surface area contributed by atoms with Crippen LogP contribution in [0.1, 0.15) is 12.8 Å². The number of ether oxygens (including phenoxy) is 1. The lowest BCUT2D eigenvalue weighted by atomic mass is 10.2. The second kappa shape index (κ2) is 8.13. The van der Waals surface area contributed by atoms with Gasteiger partial charge in [0.2, 0.25) is 23.5 Å². The van der Waals surface area contributed by atoms with Crippen molar-refractivity contribution < 1.29 is 18.8 Å². The SMILES string of the molecule is COc1ccc(-c2noc(CC(=O)Nc3ccc(NC(C)=O)cc3)n2)cc1. The van der Waals surface area contributed by atoms with Crippen LogP contribution in [0.2, 0.25) is 0 Å². The molecule has 0 aliphatic heterocycles. The molecule has 0 aliphatic carbocycles. The highest BCUT2D eigenvalue weighted by atomic mass is 16.5. The molecule has 2 amide bonds. The number of nitrogens with one attached hydrogen (secondary N) is 2. The van der Waals surface area contributed by atoms with Crippen molar-refractivity contribution in [2.45, 2.75) is 13.3 Å². The Morgan fingerprint density at radius 1 is 1.00 bits per heavy atom. The van der Waals surface area contributed by atoms with E-state index in [4.69, 9.17) is 9.26 Å². The maximum absolute atomic E-state index is 12.1. The highest BCUT2D eigenvalue weighted by Crippen LogP contribution is 2.20. The van der Waals surface area contributed by atoms with Crippen LogP contribution >= 0.6 is 0 Å². The summed E-state index contributed by atoms with van der Waals surface area (Å²) < 4.78 is 10.3. The van der Waals surface area contributed by atoms with Gasteiger partial charge in [-0.05, 0) is 48.5 Å². The van der Waals surface area contributed by atoms with E-state index in [1.807, 2.05) is 12.1 Å². The molecule has 138 valence electrons. The number of nitrogens with zero attached hydrogens (tertiary/aromatic N) is 2. The number of amides is 2. The Kier molecular flexibility index (Phi) is 5.46. The van der Waals surface area contributed by atoms with E-state index < -0.39 is 0 Å². The van der Waals surface area contributed by atoms with Crippen molar-refractivity contribution in [2.75, 3.05) is 17.7 Å². The lowest BCUT2D eigenvalue weighted by molar-refractivity contribution is -0.116. The zero-order chi connectivity index (χ0) is 19.2. The molecular formula is C19H18N4O4. The number of carbonyl (C=O) groups is 2. The number of hydrogen-bond donors (Lipinski definition) is 2. The molecule has 3 aromatic rings. The molecule has 1 aromatic heterocycles. The highest BCUT2D eigenvalue weighted by Gasteiger charge is 2.13. The molecule has 8 heteroatoms. The summed E-state index contributed by atoms with van der Waals surface area (Å²) in [6.07, 6.45) is -0.0450. The molecule has 1 heterocycles. The molecule has 0 unspecified atom stereocenters. The van der Waals surface area contributed by atoms with Gasteiger partial charge in [-0.25, -0.2) is 0 Å². The highest BCUT2D eigenvalue weighted by molar-refractivity contribution is 5.92. The van der Waals surface area contributed by atoms with Crippen molar-refractivity contribution in [1.82, 2.24) is 10.1 Å². The molecule has 0 spiro atoms. The van der Waals surface area contributed by atoms with E-state index in [9.17, 15) is 9.59 Å². The number of hydrogen-bond acceptors (Lipinski definition) is 6. The largest absolute Gasteiger partial charge is 0.497 e. The van der Waals surface area contributed by atoms with Crippen LogP contribution in [-0.2, 0) is 16.0 Å². The van der Waals surface area contributed by atoms with E-state index in [-0.39, 0.29) is 24.1 Å². The zero-order valence-electron chi connectivity index (χ0n) is 14.9. The van der Waals surface area contributed by atoms with Gasteiger partial charge in [-0.15, -0.1) is 0 Å². The van der Waals surface area contributed by atoms with Gasteiger partial charge >= 0.3 is 0 Å². The van der Waals surface area contributed by atoms with Gasteiger partial charge in [-0.1, -0.05) is 5.16 Å². The molecule has 8 nitrogen and oxygen atoms in total. The summed E-state index contributed by atoms with van der Waals surface area (Å²) in [6, 6.07) is 14.0. The fourth-order valence-electron chi connectivity index (χ4n) is 2.37. The van der Waals surface area contributed by atoms with Gasteiger partial charge in [-0.2, -0.15) is 4.98 Å². The Bertz CT molecular complexity index is 933. The first-order chi connectivity index (χ1) is 13.0. The summed E-state index contributed by atoms with van der Waals surface area (Å²) in [5.41, 5.74) is 2.02. The maximum atomic E-state index is 12.1. The van der Waals surface area contributed by atoms with Gasteiger partial charge in [0, 0.05) is 23.9 Å². The minimum atomic E-state index is -0.285. The second-order valence-electron chi connectivity index (χ2n) is 5.72. The Hall–Kier alpha value is -3.68. The number of methoxy groups -OCH3 is 1. The average molecular weight is 366 g/mol. The van der Waals surface area contributed by atoms with Gasteiger partial charge in [0.15, 0.2) is 0 Å². The normalized spacial score (nSPS) is 10.3. The van der Waals surface area contributed by atoms with Crippen LogP contribution in [0.15, 0.2) is 53.1 Å². The average Bonchev–Trinajstić information content (AvgIpc) is 3.11. The molecule has 0 aliphatic rings. The van der Waals surface area contributed by atoms with E-state index >= 15 is 0 Å². The van der Waals surface area contributed by atoms with Gasteiger partial charge in [0.25, 0.3) is 0 Å². The summed E-state index contributed by atoms with van der Waals surface area (Å²) in [7, 11) is 1.59. The van der Waals surface area contributed by atoms with Crippen LogP contribution in [0.25, 0.3) is 11.4 Å². The lowest BCUT2D eigenvalue weighted by Gasteiger charge is -2.05. The minimum absolute atomic E-state index is 0.0450. The van der Waals surface area contributed by atoms with Gasteiger partial charge < -0.3 is 19.9 Å². The topological polar surface area (TPSA) is 106 Å². The first-order valence-electron chi connectivity index (χ1n) is 8.18. The third-order valence-electron chi connectivity index (χ3n) is 3.62. The zero-order valence-corrected chi connectivity index (χ0v) is 14.9. The van der Waals surface area contributed by atoms with E-state index in [0.29, 0.717) is 17.2 Å². The van der Waals surface area contributed by atoms with Gasteiger partial charge in [0.1, 0.15) is 12.2 Å². The quantitative estimate of drug-likeness (QED) is 0.695. The van der Waals surface area contributed by atoms with E-state index in [1.165, 1.54) is 6.92 Å². The van der Waals surface area contributed by atoms with Crippen LogP contribution in [0.4, 0.5) is 11.4 Å². The Balaban J connectivity index is 1.59. The fraction of sp³-hybridized carbons (Fsp3) is 0.158. The Labute approximate surface area is 155 Å². The lowest BCUT2D eigenvalue weighted by Crippen LogP contribution is -2.14. The molecule has 0 saturated carbocycles. The molecular weight excluding hydrogens is 348 g/mol.